The van der Waals surface area contributed by atoms with Gasteiger partial charge in [-0.3, -0.25) is 4.68 Å². The minimum Gasteiger partial charge on any atom is -0.306 e. The fourth-order valence-electron chi connectivity index (χ4n) is 1.43. The zero-order valence-corrected chi connectivity index (χ0v) is 9.82. The van der Waals surface area contributed by atoms with Crippen molar-refractivity contribution in [3.05, 3.63) is 11.9 Å². The van der Waals surface area contributed by atoms with Gasteiger partial charge in [0.15, 0.2) is 0 Å². The molecular formula is C11H20N4. The minimum atomic E-state index is 0.139. The Labute approximate surface area is 91.1 Å². The first-order valence-electron chi connectivity index (χ1n) is 5.67. The highest BCUT2D eigenvalue weighted by atomic mass is 15.4. The first-order chi connectivity index (χ1) is 7.03. The van der Waals surface area contributed by atoms with Crippen molar-refractivity contribution in [2.75, 3.05) is 0 Å². The van der Waals surface area contributed by atoms with Gasteiger partial charge in [0.25, 0.3) is 0 Å². The molecule has 1 saturated carbocycles. The molecule has 1 fully saturated rings. The van der Waals surface area contributed by atoms with E-state index in [1.54, 1.807) is 0 Å². The molecule has 0 aliphatic heterocycles. The van der Waals surface area contributed by atoms with Crippen LogP contribution in [-0.4, -0.2) is 20.5 Å². The van der Waals surface area contributed by atoms with E-state index in [1.165, 1.54) is 12.8 Å². The standard InChI is InChI=1S/C11H20N4/c1-11(2,3)12-6-10-8-15(14-13-10)7-9-4-5-9/h8-9,12H,4-7H2,1-3H3. The van der Waals surface area contributed by atoms with E-state index in [-0.39, 0.29) is 5.54 Å². The van der Waals surface area contributed by atoms with Gasteiger partial charge in [-0.1, -0.05) is 5.21 Å². The van der Waals surface area contributed by atoms with Gasteiger partial charge < -0.3 is 5.32 Å². The van der Waals surface area contributed by atoms with Gasteiger partial charge >= 0.3 is 0 Å². The predicted molar refractivity (Wildman–Crippen MR) is 59.3 cm³/mol. The number of hydrogen-bond donors (Lipinski definition) is 1. The molecule has 0 saturated heterocycles. The lowest BCUT2D eigenvalue weighted by atomic mass is 10.1. The molecule has 1 heterocycles. The average Bonchev–Trinajstić information content (AvgIpc) is 2.79. The van der Waals surface area contributed by atoms with Gasteiger partial charge in [0.05, 0.1) is 5.69 Å². The van der Waals surface area contributed by atoms with Gasteiger partial charge in [-0.25, -0.2) is 0 Å². The van der Waals surface area contributed by atoms with Crippen LogP contribution in [-0.2, 0) is 13.1 Å². The first kappa shape index (κ1) is 10.6. The quantitative estimate of drug-likeness (QED) is 0.817. The molecule has 0 amide bonds. The summed E-state index contributed by atoms with van der Waals surface area (Å²) in [5.74, 6) is 0.857. The second kappa shape index (κ2) is 3.93. The molecule has 0 bridgehead atoms. The highest BCUT2D eigenvalue weighted by Gasteiger charge is 2.22. The Balaban J connectivity index is 1.83. The van der Waals surface area contributed by atoms with E-state index in [0.29, 0.717) is 0 Å². The monoisotopic (exact) mass is 208 g/mol. The lowest BCUT2D eigenvalue weighted by Crippen LogP contribution is -2.35. The van der Waals surface area contributed by atoms with E-state index in [0.717, 1.165) is 24.7 Å². The molecule has 1 aromatic heterocycles. The molecule has 4 heteroatoms. The van der Waals surface area contributed by atoms with E-state index in [2.05, 4.69) is 42.6 Å². The van der Waals surface area contributed by atoms with Crippen LogP contribution in [0, 0.1) is 5.92 Å². The maximum Gasteiger partial charge on any atom is 0.0965 e. The molecule has 1 N–H and O–H groups in total. The Bertz CT molecular complexity index is 320. The third kappa shape index (κ3) is 3.63. The molecule has 1 aliphatic rings. The molecule has 0 atom stereocenters. The summed E-state index contributed by atoms with van der Waals surface area (Å²) in [6.07, 6.45) is 4.77. The largest absolute Gasteiger partial charge is 0.306 e. The zero-order chi connectivity index (χ0) is 10.9. The van der Waals surface area contributed by atoms with Crippen molar-refractivity contribution in [1.29, 1.82) is 0 Å². The van der Waals surface area contributed by atoms with Crippen LogP contribution in [0.4, 0.5) is 0 Å². The van der Waals surface area contributed by atoms with Crippen molar-refractivity contribution < 1.29 is 0 Å². The van der Waals surface area contributed by atoms with Gasteiger partial charge in [0.1, 0.15) is 0 Å². The fraction of sp³-hybridized carbons (Fsp3) is 0.818. The van der Waals surface area contributed by atoms with E-state index in [4.69, 9.17) is 0 Å². The maximum atomic E-state index is 4.15. The molecule has 4 nitrogen and oxygen atoms in total. The molecular weight excluding hydrogens is 188 g/mol. The second-order valence-electron chi connectivity index (χ2n) is 5.48. The fourth-order valence-corrected chi connectivity index (χ4v) is 1.43. The first-order valence-corrected chi connectivity index (χ1v) is 5.67. The zero-order valence-electron chi connectivity index (χ0n) is 9.82. The lowest BCUT2D eigenvalue weighted by molar-refractivity contribution is 0.421. The van der Waals surface area contributed by atoms with Gasteiger partial charge in [-0.05, 0) is 39.5 Å². The molecule has 0 spiro atoms. The van der Waals surface area contributed by atoms with Crippen molar-refractivity contribution in [1.82, 2.24) is 20.3 Å². The summed E-state index contributed by atoms with van der Waals surface area (Å²) in [7, 11) is 0. The van der Waals surface area contributed by atoms with E-state index < -0.39 is 0 Å². The number of aromatic nitrogens is 3. The molecule has 0 aromatic carbocycles. The number of nitrogens with zero attached hydrogens (tertiary/aromatic N) is 3. The number of rotatable bonds is 4. The van der Waals surface area contributed by atoms with Gasteiger partial charge in [0, 0.05) is 24.8 Å². The molecule has 84 valence electrons. The third-order valence-electron chi connectivity index (χ3n) is 2.53. The van der Waals surface area contributed by atoms with E-state index in [1.807, 2.05) is 4.68 Å². The highest BCUT2D eigenvalue weighted by molar-refractivity contribution is 4.93. The van der Waals surface area contributed by atoms with Crippen LogP contribution in [0.25, 0.3) is 0 Å². The SMILES string of the molecule is CC(C)(C)NCc1cn(CC2CC2)nn1. The molecule has 1 aromatic rings. The topological polar surface area (TPSA) is 42.7 Å². The Hall–Kier alpha value is -0.900. The van der Waals surface area contributed by atoms with Crippen molar-refractivity contribution in [2.45, 2.75) is 52.2 Å². The van der Waals surface area contributed by atoms with Crippen LogP contribution in [0.1, 0.15) is 39.3 Å². The van der Waals surface area contributed by atoms with Crippen molar-refractivity contribution in [3.63, 3.8) is 0 Å². The summed E-state index contributed by atoms with van der Waals surface area (Å²) in [6, 6.07) is 0. The summed E-state index contributed by atoms with van der Waals surface area (Å²) in [4.78, 5) is 0. The molecule has 2 rings (SSSR count). The molecule has 0 radical (unpaired) electrons. The predicted octanol–water partition coefficient (Wildman–Crippen LogP) is 1.58. The Kier molecular flexibility index (Phi) is 2.78. The number of hydrogen-bond acceptors (Lipinski definition) is 3. The molecule has 1 aliphatic carbocycles. The third-order valence-corrected chi connectivity index (χ3v) is 2.53. The van der Waals surface area contributed by atoms with Gasteiger partial charge in [0.2, 0.25) is 0 Å². The Morgan fingerprint density at radius 2 is 2.20 bits per heavy atom. The van der Waals surface area contributed by atoms with Gasteiger partial charge in [-0.15, -0.1) is 5.10 Å². The van der Waals surface area contributed by atoms with Crippen LogP contribution in [0.3, 0.4) is 0 Å². The number of nitrogens with one attached hydrogen (secondary N) is 1. The second-order valence-corrected chi connectivity index (χ2v) is 5.48. The van der Waals surface area contributed by atoms with Crippen LogP contribution >= 0.6 is 0 Å². The smallest absolute Gasteiger partial charge is 0.0965 e. The van der Waals surface area contributed by atoms with Crippen LogP contribution < -0.4 is 5.32 Å². The van der Waals surface area contributed by atoms with Crippen molar-refractivity contribution in [2.24, 2.45) is 5.92 Å². The molecule has 0 unspecified atom stereocenters. The Morgan fingerprint density at radius 3 is 2.80 bits per heavy atom. The minimum absolute atomic E-state index is 0.139. The summed E-state index contributed by atoms with van der Waals surface area (Å²) in [5, 5.41) is 11.7. The van der Waals surface area contributed by atoms with Crippen LogP contribution in [0.2, 0.25) is 0 Å². The summed E-state index contributed by atoms with van der Waals surface area (Å²) < 4.78 is 1.97. The van der Waals surface area contributed by atoms with E-state index >= 15 is 0 Å². The summed E-state index contributed by atoms with van der Waals surface area (Å²) >= 11 is 0. The Morgan fingerprint density at radius 1 is 1.47 bits per heavy atom. The summed E-state index contributed by atoms with van der Waals surface area (Å²) in [6.45, 7) is 8.31. The van der Waals surface area contributed by atoms with E-state index in [9.17, 15) is 0 Å². The van der Waals surface area contributed by atoms with Crippen LogP contribution in [0.5, 0.6) is 0 Å². The van der Waals surface area contributed by atoms with Crippen molar-refractivity contribution in [3.8, 4) is 0 Å². The van der Waals surface area contributed by atoms with Crippen molar-refractivity contribution >= 4 is 0 Å². The highest BCUT2D eigenvalue weighted by Crippen LogP contribution is 2.30. The van der Waals surface area contributed by atoms with Crippen LogP contribution in [0.15, 0.2) is 6.20 Å². The molecule has 15 heavy (non-hydrogen) atoms. The lowest BCUT2D eigenvalue weighted by Gasteiger charge is -2.19. The average molecular weight is 208 g/mol. The van der Waals surface area contributed by atoms with Gasteiger partial charge in [-0.2, -0.15) is 0 Å². The normalized spacial score (nSPS) is 17.0. The summed E-state index contributed by atoms with van der Waals surface area (Å²) in [5.41, 5.74) is 1.17. The maximum absolute atomic E-state index is 4.15.